The predicted octanol–water partition coefficient (Wildman–Crippen LogP) is 2.83. The van der Waals surface area contributed by atoms with Gasteiger partial charge >= 0.3 is 6.18 Å². The van der Waals surface area contributed by atoms with Crippen LogP contribution < -0.4 is 10.6 Å². The van der Waals surface area contributed by atoms with Gasteiger partial charge in [0, 0.05) is 26.3 Å². The molecule has 1 aliphatic heterocycles. The SMILES string of the molecule is CCN(CCCNC)C1=NC=CC/C1=C\C=C(/NC)C(F)(F)F. The van der Waals surface area contributed by atoms with Crippen molar-refractivity contribution in [2.24, 2.45) is 4.99 Å². The van der Waals surface area contributed by atoms with E-state index in [0.717, 1.165) is 43.5 Å². The number of hydrogen-bond donors (Lipinski definition) is 2. The van der Waals surface area contributed by atoms with E-state index in [4.69, 9.17) is 0 Å². The minimum Gasteiger partial charge on any atom is -0.384 e. The third kappa shape index (κ3) is 6.09. The second-order valence-electron chi connectivity index (χ2n) is 5.10. The second-order valence-corrected chi connectivity index (χ2v) is 5.10. The van der Waals surface area contributed by atoms with Crippen LogP contribution in [0.5, 0.6) is 0 Å². The number of rotatable bonds is 7. The van der Waals surface area contributed by atoms with Gasteiger partial charge in [-0.2, -0.15) is 13.2 Å². The van der Waals surface area contributed by atoms with Gasteiger partial charge in [-0.15, -0.1) is 0 Å². The minimum absolute atomic E-state index is 0.576. The van der Waals surface area contributed by atoms with E-state index in [1.54, 1.807) is 6.20 Å². The summed E-state index contributed by atoms with van der Waals surface area (Å²) in [7, 11) is 3.16. The number of nitrogens with zero attached hydrogens (tertiary/aromatic N) is 2. The zero-order valence-electron chi connectivity index (χ0n) is 13.9. The van der Waals surface area contributed by atoms with Gasteiger partial charge in [-0.1, -0.05) is 12.2 Å². The number of likely N-dealkylation sites (N-methyl/N-ethyl adjacent to an activating group) is 1. The van der Waals surface area contributed by atoms with Crippen molar-refractivity contribution >= 4 is 5.84 Å². The monoisotopic (exact) mass is 330 g/mol. The molecule has 0 atom stereocenters. The van der Waals surface area contributed by atoms with Crippen molar-refractivity contribution < 1.29 is 13.2 Å². The van der Waals surface area contributed by atoms with Gasteiger partial charge in [0.25, 0.3) is 0 Å². The average molecular weight is 330 g/mol. The molecule has 7 heteroatoms. The van der Waals surface area contributed by atoms with Gasteiger partial charge in [-0.05, 0) is 45.0 Å². The molecule has 130 valence electrons. The van der Waals surface area contributed by atoms with Gasteiger partial charge in [0.1, 0.15) is 11.5 Å². The van der Waals surface area contributed by atoms with E-state index in [0.29, 0.717) is 6.42 Å². The lowest BCUT2D eigenvalue weighted by molar-refractivity contribution is -0.0959. The van der Waals surface area contributed by atoms with E-state index in [9.17, 15) is 13.2 Å². The maximum absolute atomic E-state index is 12.8. The van der Waals surface area contributed by atoms with Gasteiger partial charge in [-0.3, -0.25) is 0 Å². The first-order valence-corrected chi connectivity index (χ1v) is 7.72. The van der Waals surface area contributed by atoms with Crippen molar-refractivity contribution in [3.8, 4) is 0 Å². The lowest BCUT2D eigenvalue weighted by atomic mass is 10.1. The predicted molar refractivity (Wildman–Crippen MR) is 88.3 cm³/mol. The van der Waals surface area contributed by atoms with E-state index < -0.39 is 11.9 Å². The first-order chi connectivity index (χ1) is 10.9. The van der Waals surface area contributed by atoms with Crippen molar-refractivity contribution in [2.75, 3.05) is 33.7 Å². The van der Waals surface area contributed by atoms with Gasteiger partial charge < -0.3 is 15.5 Å². The highest BCUT2D eigenvalue weighted by molar-refractivity contribution is 5.99. The normalized spacial score (nSPS) is 17.4. The second kappa shape index (κ2) is 9.39. The molecular formula is C16H25F3N4. The molecule has 23 heavy (non-hydrogen) atoms. The van der Waals surface area contributed by atoms with Gasteiger partial charge in [0.2, 0.25) is 0 Å². The summed E-state index contributed by atoms with van der Waals surface area (Å²) in [5.74, 6) is 0.750. The lowest BCUT2D eigenvalue weighted by Gasteiger charge is -2.27. The van der Waals surface area contributed by atoms with Crippen LogP contribution in [0, 0.1) is 0 Å². The van der Waals surface area contributed by atoms with Crippen molar-refractivity contribution in [1.29, 1.82) is 0 Å². The van der Waals surface area contributed by atoms with Crippen LogP contribution in [0.1, 0.15) is 19.8 Å². The third-order valence-electron chi connectivity index (χ3n) is 3.49. The van der Waals surface area contributed by atoms with E-state index >= 15 is 0 Å². The summed E-state index contributed by atoms with van der Waals surface area (Å²) >= 11 is 0. The van der Waals surface area contributed by atoms with E-state index in [2.05, 4.69) is 20.5 Å². The molecular weight excluding hydrogens is 305 g/mol. The number of amidine groups is 1. The van der Waals surface area contributed by atoms with Crippen LogP contribution in [0.3, 0.4) is 0 Å². The van der Waals surface area contributed by atoms with Gasteiger partial charge in [-0.25, -0.2) is 4.99 Å². The van der Waals surface area contributed by atoms with Crippen LogP contribution in [0.4, 0.5) is 13.2 Å². The van der Waals surface area contributed by atoms with Gasteiger partial charge in [0.05, 0.1) is 0 Å². The highest BCUT2D eigenvalue weighted by atomic mass is 19.4. The van der Waals surface area contributed by atoms with Crippen molar-refractivity contribution in [2.45, 2.75) is 25.9 Å². The van der Waals surface area contributed by atoms with Crippen LogP contribution in [0.2, 0.25) is 0 Å². The number of hydrogen-bond acceptors (Lipinski definition) is 4. The molecule has 1 heterocycles. The molecule has 0 unspecified atom stereocenters. The molecule has 0 amide bonds. The number of allylic oxidation sites excluding steroid dienone is 4. The highest BCUT2D eigenvalue weighted by Crippen LogP contribution is 2.24. The summed E-state index contributed by atoms with van der Waals surface area (Å²) in [6.45, 7) is 4.47. The number of aliphatic imine (C=N–C) groups is 1. The highest BCUT2D eigenvalue weighted by Gasteiger charge is 2.32. The van der Waals surface area contributed by atoms with Crippen LogP contribution in [0.15, 0.2) is 40.7 Å². The maximum atomic E-state index is 12.8. The summed E-state index contributed by atoms with van der Waals surface area (Å²) in [5.41, 5.74) is 0.0212. The molecule has 0 fully saturated rings. The fraction of sp³-hybridized carbons (Fsp3) is 0.562. The first kappa shape index (κ1) is 19.3. The zero-order valence-corrected chi connectivity index (χ0v) is 13.9. The summed E-state index contributed by atoms with van der Waals surface area (Å²) < 4.78 is 38.3. The molecule has 0 bridgehead atoms. The molecule has 1 aliphatic rings. The number of nitrogens with one attached hydrogen (secondary N) is 2. The van der Waals surface area contributed by atoms with Crippen LogP contribution >= 0.6 is 0 Å². The molecule has 0 spiro atoms. The Morgan fingerprint density at radius 3 is 2.70 bits per heavy atom. The Morgan fingerprint density at radius 1 is 1.39 bits per heavy atom. The molecule has 0 radical (unpaired) electrons. The number of halogens is 3. The summed E-state index contributed by atoms with van der Waals surface area (Å²) in [4.78, 5) is 6.46. The largest absolute Gasteiger partial charge is 0.430 e. The molecule has 0 saturated carbocycles. The smallest absolute Gasteiger partial charge is 0.384 e. The Hall–Kier alpha value is -1.76. The fourth-order valence-corrected chi connectivity index (χ4v) is 2.27. The van der Waals surface area contributed by atoms with E-state index in [1.807, 2.05) is 20.0 Å². The first-order valence-electron chi connectivity index (χ1n) is 7.72. The Morgan fingerprint density at radius 2 is 2.13 bits per heavy atom. The molecule has 0 aromatic heterocycles. The molecule has 0 saturated heterocycles. The van der Waals surface area contributed by atoms with E-state index in [-0.39, 0.29) is 0 Å². The van der Waals surface area contributed by atoms with Crippen molar-refractivity contribution in [1.82, 2.24) is 15.5 Å². The number of alkyl halides is 3. The Bertz CT molecular complexity index is 490. The molecule has 1 rings (SSSR count). The lowest BCUT2D eigenvalue weighted by Crippen LogP contribution is -2.34. The summed E-state index contributed by atoms with van der Waals surface area (Å²) in [5, 5.41) is 5.28. The Labute approximate surface area is 135 Å². The van der Waals surface area contributed by atoms with E-state index in [1.165, 1.54) is 13.1 Å². The molecule has 0 aromatic rings. The molecule has 0 aliphatic carbocycles. The summed E-state index contributed by atoms with van der Waals surface area (Å²) in [6, 6.07) is 0. The van der Waals surface area contributed by atoms with Crippen LogP contribution in [-0.2, 0) is 0 Å². The Kier molecular flexibility index (Phi) is 7.88. The minimum atomic E-state index is -4.38. The topological polar surface area (TPSA) is 39.7 Å². The van der Waals surface area contributed by atoms with Crippen molar-refractivity contribution in [3.05, 3.63) is 35.7 Å². The van der Waals surface area contributed by atoms with Crippen LogP contribution in [-0.4, -0.2) is 50.6 Å². The molecule has 4 nitrogen and oxygen atoms in total. The zero-order chi connectivity index (χ0) is 17.3. The van der Waals surface area contributed by atoms with Crippen molar-refractivity contribution in [3.63, 3.8) is 0 Å². The quantitative estimate of drug-likeness (QED) is 0.705. The average Bonchev–Trinajstić information content (AvgIpc) is 2.52. The standard InChI is InChI=1S/C16H25F3N4/c1-4-23(12-6-10-20-2)15-13(7-5-11-22-15)8-9-14(21-3)16(17,18)19/h5,8-9,11,20-21H,4,6-7,10,12H2,1-3H3/b13-8+,14-9-. The molecule has 0 aromatic carbocycles. The molecule has 2 N–H and O–H groups in total. The maximum Gasteiger partial charge on any atom is 0.430 e. The third-order valence-corrected chi connectivity index (χ3v) is 3.49. The van der Waals surface area contributed by atoms with Gasteiger partial charge in [0.15, 0.2) is 0 Å². The fourth-order valence-electron chi connectivity index (χ4n) is 2.27. The Balaban J connectivity index is 2.96. The van der Waals surface area contributed by atoms with Crippen LogP contribution in [0.25, 0.3) is 0 Å². The summed E-state index contributed by atoms with van der Waals surface area (Å²) in [6.07, 6.45) is 3.27.